The fourth-order valence-electron chi connectivity index (χ4n) is 4.98. The number of benzene rings is 1. The van der Waals surface area contributed by atoms with Gasteiger partial charge < -0.3 is 15.0 Å². The average molecular weight is 430 g/mol. The van der Waals surface area contributed by atoms with Crippen LogP contribution in [0.2, 0.25) is 0 Å². The summed E-state index contributed by atoms with van der Waals surface area (Å²) < 4.78 is 18.9. The Hall–Kier alpha value is -2.28. The molecule has 1 saturated carbocycles. The number of amides is 1. The lowest BCUT2D eigenvalue weighted by Crippen LogP contribution is -2.39. The van der Waals surface area contributed by atoms with Crippen molar-refractivity contribution in [2.24, 2.45) is 0 Å². The van der Waals surface area contributed by atoms with Gasteiger partial charge in [0.25, 0.3) is 5.91 Å². The van der Waals surface area contributed by atoms with Gasteiger partial charge in [-0.3, -0.25) is 4.79 Å². The second-order valence-electron chi connectivity index (χ2n) is 7.93. The van der Waals surface area contributed by atoms with Crippen molar-refractivity contribution in [2.45, 2.75) is 38.5 Å². The fourth-order valence-corrected chi connectivity index (χ4v) is 5.88. The van der Waals surface area contributed by atoms with Gasteiger partial charge in [0.05, 0.1) is 19.0 Å². The SMILES string of the molecule is C.COc1cc(Nc2cnc(C(=O)N3CCSCC3)c3c2C2CCC3C2)ccc1F. The first kappa shape index (κ1) is 21.0. The predicted octanol–water partition coefficient (Wildman–Crippen LogP) is 5.16. The van der Waals surface area contributed by atoms with Crippen LogP contribution in [0, 0.1) is 5.82 Å². The van der Waals surface area contributed by atoms with Gasteiger partial charge in [-0.1, -0.05) is 7.43 Å². The first-order chi connectivity index (χ1) is 14.2. The molecule has 1 aromatic carbocycles. The Morgan fingerprint density at radius 3 is 2.70 bits per heavy atom. The summed E-state index contributed by atoms with van der Waals surface area (Å²) in [4.78, 5) is 19.8. The molecule has 2 atom stereocenters. The molecule has 5 nitrogen and oxygen atoms in total. The van der Waals surface area contributed by atoms with Crippen LogP contribution in [-0.4, -0.2) is 47.5 Å². The number of carbonyl (C=O) groups excluding carboxylic acids is 1. The Balaban J connectivity index is 0.00000218. The summed E-state index contributed by atoms with van der Waals surface area (Å²) in [7, 11) is 1.46. The van der Waals surface area contributed by atoms with E-state index in [4.69, 9.17) is 4.74 Å². The van der Waals surface area contributed by atoms with Gasteiger partial charge in [-0.2, -0.15) is 11.8 Å². The van der Waals surface area contributed by atoms with Gasteiger partial charge in [-0.25, -0.2) is 9.37 Å². The summed E-state index contributed by atoms with van der Waals surface area (Å²) in [6, 6.07) is 4.74. The Kier molecular flexibility index (Phi) is 5.91. The summed E-state index contributed by atoms with van der Waals surface area (Å²) in [5, 5.41) is 3.40. The van der Waals surface area contributed by atoms with Crippen LogP contribution in [0.4, 0.5) is 15.8 Å². The Bertz CT molecular complexity index is 962. The van der Waals surface area contributed by atoms with E-state index in [0.717, 1.165) is 60.8 Å². The molecule has 2 unspecified atom stereocenters. The first-order valence-electron chi connectivity index (χ1n) is 10.2. The Morgan fingerprint density at radius 1 is 1.23 bits per heavy atom. The highest BCUT2D eigenvalue weighted by atomic mass is 32.2. The van der Waals surface area contributed by atoms with Crippen LogP contribution >= 0.6 is 11.8 Å². The van der Waals surface area contributed by atoms with Crippen molar-refractivity contribution in [3.05, 3.63) is 47.0 Å². The third kappa shape index (κ3) is 3.53. The van der Waals surface area contributed by atoms with Crippen molar-refractivity contribution in [1.82, 2.24) is 9.88 Å². The number of pyridine rings is 1. The van der Waals surface area contributed by atoms with Crippen molar-refractivity contribution in [3.63, 3.8) is 0 Å². The molecule has 1 amide bonds. The van der Waals surface area contributed by atoms with Gasteiger partial charge in [-0.05, 0) is 54.4 Å². The number of aromatic nitrogens is 1. The van der Waals surface area contributed by atoms with Crippen LogP contribution in [0.1, 0.15) is 60.1 Å². The molecule has 30 heavy (non-hydrogen) atoms. The lowest BCUT2D eigenvalue weighted by Gasteiger charge is -2.28. The fraction of sp³-hybridized carbons (Fsp3) is 0.478. The van der Waals surface area contributed by atoms with E-state index in [-0.39, 0.29) is 24.9 Å². The van der Waals surface area contributed by atoms with Gasteiger partial charge in [0.1, 0.15) is 5.69 Å². The normalized spacial score (nSPS) is 21.7. The molecule has 3 aliphatic rings. The largest absolute Gasteiger partial charge is 0.494 e. The number of nitrogens with zero attached hydrogens (tertiary/aromatic N) is 2. The van der Waals surface area contributed by atoms with Crippen molar-refractivity contribution < 1.29 is 13.9 Å². The van der Waals surface area contributed by atoms with E-state index in [9.17, 15) is 9.18 Å². The van der Waals surface area contributed by atoms with E-state index in [1.165, 1.54) is 18.7 Å². The van der Waals surface area contributed by atoms with E-state index in [0.29, 0.717) is 17.5 Å². The predicted molar refractivity (Wildman–Crippen MR) is 120 cm³/mol. The highest BCUT2D eigenvalue weighted by molar-refractivity contribution is 7.99. The summed E-state index contributed by atoms with van der Waals surface area (Å²) in [6.45, 7) is 1.59. The van der Waals surface area contributed by atoms with Gasteiger partial charge in [0.15, 0.2) is 11.6 Å². The highest BCUT2D eigenvalue weighted by Gasteiger charge is 2.42. The molecule has 1 N–H and O–H groups in total. The summed E-state index contributed by atoms with van der Waals surface area (Å²) in [5.41, 5.74) is 4.69. The van der Waals surface area contributed by atoms with E-state index in [1.54, 1.807) is 18.3 Å². The molecule has 7 heteroatoms. The number of halogens is 1. The standard InChI is InChI=1S/C22H24FN3O2S.CH4/c1-28-18-11-15(4-5-16(18)23)25-17-12-24-21(22(27)26-6-8-29-9-7-26)20-14-3-2-13(10-14)19(17)20;/h4-5,11-14,25H,2-3,6-10H2,1H3;1H4. The molecule has 2 fully saturated rings. The number of nitrogens with one attached hydrogen (secondary N) is 1. The zero-order chi connectivity index (χ0) is 20.0. The van der Waals surface area contributed by atoms with E-state index < -0.39 is 0 Å². The minimum Gasteiger partial charge on any atom is -0.494 e. The van der Waals surface area contributed by atoms with Crippen LogP contribution in [0.15, 0.2) is 24.4 Å². The lowest BCUT2D eigenvalue weighted by atomic mass is 9.89. The summed E-state index contributed by atoms with van der Waals surface area (Å²) >= 11 is 1.90. The monoisotopic (exact) mass is 429 g/mol. The summed E-state index contributed by atoms with van der Waals surface area (Å²) in [5.74, 6) is 2.76. The molecular formula is C23H28FN3O2S. The Morgan fingerprint density at radius 2 is 1.97 bits per heavy atom. The first-order valence-corrected chi connectivity index (χ1v) is 11.3. The zero-order valence-electron chi connectivity index (χ0n) is 16.4. The van der Waals surface area contributed by atoms with Gasteiger partial charge >= 0.3 is 0 Å². The van der Waals surface area contributed by atoms with E-state index in [1.807, 2.05) is 16.7 Å². The smallest absolute Gasteiger partial charge is 0.272 e. The maximum absolute atomic E-state index is 13.8. The average Bonchev–Trinajstić information content (AvgIpc) is 3.38. The molecular weight excluding hydrogens is 401 g/mol. The molecule has 160 valence electrons. The molecule has 2 bridgehead atoms. The van der Waals surface area contributed by atoms with Crippen molar-refractivity contribution in [2.75, 3.05) is 37.0 Å². The van der Waals surface area contributed by atoms with E-state index in [2.05, 4.69) is 10.3 Å². The molecule has 2 aromatic rings. The van der Waals surface area contributed by atoms with Crippen molar-refractivity contribution >= 4 is 29.0 Å². The number of methoxy groups -OCH3 is 1. The number of thioether (sulfide) groups is 1. The molecule has 1 aliphatic heterocycles. The molecule has 2 heterocycles. The minimum absolute atomic E-state index is 0. The summed E-state index contributed by atoms with van der Waals surface area (Å²) in [6.07, 6.45) is 5.15. The van der Waals surface area contributed by atoms with Gasteiger partial charge in [-0.15, -0.1) is 0 Å². The number of hydrogen-bond donors (Lipinski definition) is 1. The molecule has 0 spiro atoms. The zero-order valence-corrected chi connectivity index (χ0v) is 17.2. The lowest BCUT2D eigenvalue weighted by molar-refractivity contribution is 0.0764. The number of carbonyl (C=O) groups is 1. The quantitative estimate of drug-likeness (QED) is 0.727. The number of rotatable bonds is 4. The molecule has 1 aromatic heterocycles. The van der Waals surface area contributed by atoms with Crippen LogP contribution in [-0.2, 0) is 0 Å². The molecule has 1 saturated heterocycles. The number of anilines is 2. The second-order valence-corrected chi connectivity index (χ2v) is 9.16. The van der Waals surface area contributed by atoms with Gasteiger partial charge in [0, 0.05) is 36.3 Å². The minimum atomic E-state index is -0.388. The molecule has 5 rings (SSSR count). The highest BCUT2D eigenvalue weighted by Crippen LogP contribution is 2.56. The second kappa shape index (κ2) is 8.46. The number of ether oxygens (including phenoxy) is 1. The van der Waals surface area contributed by atoms with E-state index >= 15 is 0 Å². The van der Waals surface area contributed by atoms with Gasteiger partial charge in [0.2, 0.25) is 0 Å². The third-order valence-electron chi connectivity index (χ3n) is 6.34. The Labute approximate surface area is 181 Å². The third-order valence-corrected chi connectivity index (χ3v) is 7.28. The number of hydrogen-bond acceptors (Lipinski definition) is 5. The van der Waals surface area contributed by atoms with Crippen molar-refractivity contribution in [1.29, 1.82) is 0 Å². The molecule has 2 aliphatic carbocycles. The molecule has 0 radical (unpaired) electrons. The van der Waals surface area contributed by atoms with Crippen LogP contribution in [0.25, 0.3) is 0 Å². The van der Waals surface area contributed by atoms with Crippen LogP contribution < -0.4 is 10.1 Å². The van der Waals surface area contributed by atoms with Crippen LogP contribution in [0.3, 0.4) is 0 Å². The van der Waals surface area contributed by atoms with Crippen LogP contribution in [0.5, 0.6) is 5.75 Å². The maximum Gasteiger partial charge on any atom is 0.272 e. The topological polar surface area (TPSA) is 54.5 Å². The van der Waals surface area contributed by atoms with Crippen molar-refractivity contribution in [3.8, 4) is 5.75 Å². The maximum atomic E-state index is 13.8. The number of fused-ring (bicyclic) bond motifs is 5.